The highest BCUT2D eigenvalue weighted by molar-refractivity contribution is 5.95. The van der Waals surface area contributed by atoms with Crippen molar-refractivity contribution in [2.24, 2.45) is 0 Å². The standard InChI is InChI=1S/C10H12N4O2/c1-13-4-5-14(7-9(13)15)10(16)8-6-11-2-3-12-8/h2-3,6H,4-5,7H2,1H3. The molecule has 1 aliphatic heterocycles. The molecule has 0 saturated carbocycles. The Kier molecular flexibility index (Phi) is 2.80. The lowest BCUT2D eigenvalue weighted by atomic mass is 10.3. The van der Waals surface area contributed by atoms with Crippen molar-refractivity contribution in [2.45, 2.75) is 0 Å². The number of piperazine rings is 1. The molecule has 2 amide bonds. The molecule has 1 saturated heterocycles. The van der Waals surface area contributed by atoms with E-state index < -0.39 is 0 Å². The van der Waals surface area contributed by atoms with E-state index >= 15 is 0 Å². The van der Waals surface area contributed by atoms with E-state index in [9.17, 15) is 9.59 Å². The maximum Gasteiger partial charge on any atom is 0.274 e. The van der Waals surface area contributed by atoms with Gasteiger partial charge in [0.25, 0.3) is 5.91 Å². The van der Waals surface area contributed by atoms with E-state index in [1.165, 1.54) is 23.5 Å². The number of hydrogen-bond acceptors (Lipinski definition) is 4. The smallest absolute Gasteiger partial charge is 0.274 e. The molecule has 84 valence electrons. The van der Waals surface area contributed by atoms with Crippen molar-refractivity contribution >= 4 is 11.8 Å². The summed E-state index contributed by atoms with van der Waals surface area (Å²) in [6, 6.07) is 0. The summed E-state index contributed by atoms with van der Waals surface area (Å²) in [5, 5.41) is 0. The first-order valence-electron chi connectivity index (χ1n) is 4.98. The molecular formula is C10H12N4O2. The average molecular weight is 220 g/mol. The molecule has 0 radical (unpaired) electrons. The first-order valence-corrected chi connectivity index (χ1v) is 4.98. The molecule has 0 aliphatic carbocycles. The first-order chi connectivity index (χ1) is 7.68. The normalized spacial score (nSPS) is 16.4. The third-order valence-electron chi connectivity index (χ3n) is 2.53. The Morgan fingerprint density at radius 2 is 2.19 bits per heavy atom. The molecule has 1 aromatic heterocycles. The number of likely N-dealkylation sites (N-methyl/N-ethyl adjacent to an activating group) is 1. The van der Waals surface area contributed by atoms with Crippen LogP contribution < -0.4 is 0 Å². The van der Waals surface area contributed by atoms with Crippen LogP contribution in [0.5, 0.6) is 0 Å². The number of carbonyl (C=O) groups excluding carboxylic acids is 2. The maximum absolute atomic E-state index is 11.9. The molecule has 6 nitrogen and oxygen atoms in total. The van der Waals surface area contributed by atoms with Gasteiger partial charge in [-0.3, -0.25) is 14.6 Å². The van der Waals surface area contributed by atoms with E-state index in [4.69, 9.17) is 0 Å². The van der Waals surface area contributed by atoms with Gasteiger partial charge in [-0.05, 0) is 0 Å². The van der Waals surface area contributed by atoms with Gasteiger partial charge >= 0.3 is 0 Å². The van der Waals surface area contributed by atoms with Crippen LogP contribution in [-0.4, -0.2) is 58.3 Å². The zero-order chi connectivity index (χ0) is 11.5. The van der Waals surface area contributed by atoms with Crippen molar-refractivity contribution in [1.82, 2.24) is 19.8 Å². The molecule has 0 atom stereocenters. The third-order valence-corrected chi connectivity index (χ3v) is 2.53. The number of aromatic nitrogens is 2. The molecule has 1 aliphatic rings. The second-order valence-electron chi connectivity index (χ2n) is 3.63. The monoisotopic (exact) mass is 220 g/mol. The van der Waals surface area contributed by atoms with Crippen LogP contribution in [0.15, 0.2) is 18.6 Å². The number of rotatable bonds is 1. The van der Waals surface area contributed by atoms with Crippen LogP contribution in [0.2, 0.25) is 0 Å². The van der Waals surface area contributed by atoms with Gasteiger partial charge in [-0.2, -0.15) is 0 Å². The molecule has 16 heavy (non-hydrogen) atoms. The van der Waals surface area contributed by atoms with Crippen LogP contribution in [0.1, 0.15) is 10.5 Å². The molecule has 6 heteroatoms. The van der Waals surface area contributed by atoms with Gasteiger partial charge in [0.1, 0.15) is 12.2 Å². The summed E-state index contributed by atoms with van der Waals surface area (Å²) < 4.78 is 0. The van der Waals surface area contributed by atoms with Crippen LogP contribution in [0, 0.1) is 0 Å². The van der Waals surface area contributed by atoms with Crippen molar-refractivity contribution in [3.05, 3.63) is 24.3 Å². The van der Waals surface area contributed by atoms with Crippen molar-refractivity contribution in [3.8, 4) is 0 Å². The summed E-state index contributed by atoms with van der Waals surface area (Å²) >= 11 is 0. The Hall–Kier alpha value is -1.98. The predicted octanol–water partition coefficient (Wildman–Crippen LogP) is -0.609. The molecule has 2 heterocycles. The molecule has 0 bridgehead atoms. The van der Waals surface area contributed by atoms with Gasteiger partial charge in [-0.1, -0.05) is 0 Å². The van der Waals surface area contributed by atoms with Crippen molar-refractivity contribution in [3.63, 3.8) is 0 Å². The third kappa shape index (κ3) is 2.00. The van der Waals surface area contributed by atoms with E-state index in [1.807, 2.05) is 0 Å². The van der Waals surface area contributed by atoms with E-state index in [0.29, 0.717) is 13.1 Å². The van der Waals surface area contributed by atoms with Gasteiger partial charge in [0, 0.05) is 32.5 Å². The van der Waals surface area contributed by atoms with Gasteiger partial charge in [0.15, 0.2) is 0 Å². The van der Waals surface area contributed by atoms with Crippen molar-refractivity contribution < 1.29 is 9.59 Å². The minimum absolute atomic E-state index is 0.0523. The van der Waals surface area contributed by atoms with Gasteiger partial charge in [0.05, 0.1) is 6.20 Å². The van der Waals surface area contributed by atoms with Crippen LogP contribution >= 0.6 is 0 Å². The Morgan fingerprint density at radius 1 is 1.38 bits per heavy atom. The van der Waals surface area contributed by atoms with E-state index in [2.05, 4.69) is 9.97 Å². The Bertz CT molecular complexity index is 407. The minimum atomic E-state index is -0.241. The lowest BCUT2D eigenvalue weighted by Gasteiger charge is -2.31. The van der Waals surface area contributed by atoms with Gasteiger partial charge in [-0.25, -0.2) is 4.98 Å². The van der Waals surface area contributed by atoms with Crippen LogP contribution in [0.25, 0.3) is 0 Å². The fraction of sp³-hybridized carbons (Fsp3) is 0.400. The quantitative estimate of drug-likeness (QED) is 0.633. The fourth-order valence-corrected chi connectivity index (χ4v) is 1.50. The Labute approximate surface area is 92.9 Å². The summed E-state index contributed by atoms with van der Waals surface area (Å²) in [4.78, 5) is 34.2. The highest BCUT2D eigenvalue weighted by atomic mass is 16.2. The number of amides is 2. The average Bonchev–Trinajstić information content (AvgIpc) is 2.33. The summed E-state index contributed by atoms with van der Waals surface area (Å²) in [6.45, 7) is 1.22. The zero-order valence-electron chi connectivity index (χ0n) is 8.96. The topological polar surface area (TPSA) is 66.4 Å². The lowest BCUT2D eigenvalue weighted by molar-refractivity contribution is -0.133. The molecule has 0 N–H and O–H groups in total. The second kappa shape index (κ2) is 4.26. The Morgan fingerprint density at radius 3 is 2.81 bits per heavy atom. The number of hydrogen-bond donors (Lipinski definition) is 0. The number of nitrogens with zero attached hydrogens (tertiary/aromatic N) is 4. The molecule has 0 unspecified atom stereocenters. The number of carbonyl (C=O) groups is 2. The lowest BCUT2D eigenvalue weighted by Crippen LogP contribution is -2.50. The summed E-state index contributed by atoms with van der Waals surface area (Å²) in [5.41, 5.74) is 0.278. The van der Waals surface area contributed by atoms with E-state index in [-0.39, 0.29) is 24.1 Å². The molecule has 2 rings (SSSR count). The van der Waals surface area contributed by atoms with Crippen LogP contribution in [0.3, 0.4) is 0 Å². The maximum atomic E-state index is 11.9. The van der Waals surface area contributed by atoms with Crippen LogP contribution in [0.4, 0.5) is 0 Å². The predicted molar refractivity (Wildman–Crippen MR) is 55.6 cm³/mol. The highest BCUT2D eigenvalue weighted by Gasteiger charge is 2.26. The molecule has 0 spiro atoms. The summed E-state index contributed by atoms with van der Waals surface area (Å²) in [5.74, 6) is -0.293. The second-order valence-corrected chi connectivity index (χ2v) is 3.63. The summed E-state index contributed by atoms with van der Waals surface area (Å²) in [7, 11) is 1.73. The molecular weight excluding hydrogens is 208 g/mol. The van der Waals surface area contributed by atoms with Gasteiger partial charge in [0.2, 0.25) is 5.91 Å². The van der Waals surface area contributed by atoms with E-state index in [1.54, 1.807) is 11.9 Å². The Balaban J connectivity index is 2.09. The molecule has 0 aromatic carbocycles. The highest BCUT2D eigenvalue weighted by Crippen LogP contribution is 2.05. The van der Waals surface area contributed by atoms with Crippen molar-refractivity contribution in [1.29, 1.82) is 0 Å². The van der Waals surface area contributed by atoms with Crippen LogP contribution in [-0.2, 0) is 4.79 Å². The van der Waals surface area contributed by atoms with Crippen molar-refractivity contribution in [2.75, 3.05) is 26.7 Å². The molecule has 1 fully saturated rings. The SMILES string of the molecule is CN1CCN(C(=O)c2cnccn2)CC1=O. The first kappa shape index (κ1) is 10.5. The largest absolute Gasteiger partial charge is 0.342 e. The minimum Gasteiger partial charge on any atom is -0.342 e. The zero-order valence-corrected chi connectivity index (χ0v) is 8.96. The molecule has 1 aromatic rings. The van der Waals surface area contributed by atoms with Gasteiger partial charge < -0.3 is 9.80 Å². The van der Waals surface area contributed by atoms with E-state index in [0.717, 1.165) is 0 Å². The van der Waals surface area contributed by atoms with Gasteiger partial charge in [-0.15, -0.1) is 0 Å². The summed E-state index contributed by atoms with van der Waals surface area (Å²) in [6.07, 6.45) is 4.38. The fourth-order valence-electron chi connectivity index (χ4n) is 1.50.